The zero-order chi connectivity index (χ0) is 19.1. The van der Waals surface area contributed by atoms with Gasteiger partial charge < -0.3 is 18.4 Å². The van der Waals surface area contributed by atoms with E-state index in [4.69, 9.17) is 19.0 Å². The SMILES string of the molecule is C[Si](C)(C)O[Si](C)(CCCNc1ccc(OON)cc1)O[Si](C)(C)C. The van der Waals surface area contributed by atoms with E-state index in [9.17, 15) is 0 Å². The topological polar surface area (TPSA) is 75.0 Å². The summed E-state index contributed by atoms with van der Waals surface area (Å²) < 4.78 is 13.0. The van der Waals surface area contributed by atoms with Crippen LogP contribution in [0.25, 0.3) is 0 Å². The molecular formula is C16H34N2O4Si3. The standard InChI is InChI=1S/C16H34N2O4Si3/c1-23(2,3)21-25(7,22-24(4,5)6)14-8-13-18-15-9-11-16(12-10-15)19-20-17/h9-12,18H,8,13-14,17H2,1-7H3. The van der Waals surface area contributed by atoms with Gasteiger partial charge in [0.15, 0.2) is 22.4 Å². The lowest BCUT2D eigenvalue weighted by molar-refractivity contribution is -0.211. The second-order valence-electron chi connectivity index (χ2n) is 8.30. The van der Waals surface area contributed by atoms with Crippen LogP contribution >= 0.6 is 0 Å². The molecule has 0 saturated heterocycles. The molecule has 0 unspecified atom stereocenters. The van der Waals surface area contributed by atoms with Gasteiger partial charge in [0.25, 0.3) is 0 Å². The zero-order valence-electron chi connectivity index (χ0n) is 16.6. The van der Waals surface area contributed by atoms with Crippen LogP contribution in [0.5, 0.6) is 5.75 Å². The molecule has 0 aliphatic carbocycles. The van der Waals surface area contributed by atoms with Gasteiger partial charge in [-0.25, -0.2) is 0 Å². The molecule has 0 spiro atoms. The van der Waals surface area contributed by atoms with E-state index >= 15 is 0 Å². The molecule has 0 heterocycles. The molecule has 0 aromatic heterocycles. The Morgan fingerprint density at radius 3 is 1.84 bits per heavy atom. The molecule has 3 N–H and O–H groups in total. The second-order valence-corrected chi connectivity index (χ2v) is 21.1. The maximum Gasteiger partial charge on any atom is 0.314 e. The van der Waals surface area contributed by atoms with Gasteiger partial charge in [-0.15, -0.1) is 0 Å². The van der Waals surface area contributed by atoms with Crippen LogP contribution in [0.4, 0.5) is 5.69 Å². The fourth-order valence-corrected chi connectivity index (χ4v) is 15.3. The average Bonchev–Trinajstić information content (AvgIpc) is 2.41. The smallest absolute Gasteiger partial charge is 0.314 e. The number of hydrogen-bond acceptors (Lipinski definition) is 6. The molecule has 1 rings (SSSR count). The molecule has 0 fully saturated rings. The van der Waals surface area contributed by atoms with Gasteiger partial charge in [0.05, 0.1) is 0 Å². The quantitative estimate of drug-likeness (QED) is 0.246. The van der Waals surface area contributed by atoms with Gasteiger partial charge in [-0.1, -0.05) is 4.99 Å². The lowest BCUT2D eigenvalue weighted by atomic mass is 10.3. The van der Waals surface area contributed by atoms with Gasteiger partial charge in [-0.05, 0) is 82.6 Å². The van der Waals surface area contributed by atoms with Crippen molar-refractivity contribution in [2.75, 3.05) is 11.9 Å². The molecule has 6 nitrogen and oxygen atoms in total. The average molecular weight is 403 g/mol. The molecule has 144 valence electrons. The van der Waals surface area contributed by atoms with E-state index in [2.05, 4.69) is 56.1 Å². The van der Waals surface area contributed by atoms with E-state index in [0.717, 1.165) is 24.7 Å². The first-order valence-electron chi connectivity index (χ1n) is 8.70. The van der Waals surface area contributed by atoms with Crippen LogP contribution in [0.3, 0.4) is 0 Å². The monoisotopic (exact) mass is 402 g/mol. The van der Waals surface area contributed by atoms with Crippen LogP contribution in [0.2, 0.25) is 51.9 Å². The minimum absolute atomic E-state index is 0.570. The van der Waals surface area contributed by atoms with Crippen molar-refractivity contribution in [3.63, 3.8) is 0 Å². The van der Waals surface area contributed by atoms with E-state index in [1.165, 1.54) is 0 Å². The largest absolute Gasteiger partial charge is 0.437 e. The molecule has 0 saturated carbocycles. The van der Waals surface area contributed by atoms with Crippen LogP contribution in [0.15, 0.2) is 24.3 Å². The summed E-state index contributed by atoms with van der Waals surface area (Å²) in [4.78, 5) is 8.90. The molecule has 0 amide bonds. The van der Waals surface area contributed by atoms with Gasteiger partial charge in [0.1, 0.15) is 0 Å². The number of anilines is 1. The summed E-state index contributed by atoms with van der Waals surface area (Å²) >= 11 is 0. The van der Waals surface area contributed by atoms with E-state index < -0.39 is 25.2 Å². The highest BCUT2D eigenvalue weighted by atomic mass is 28.5. The first-order chi connectivity index (χ1) is 11.4. The lowest BCUT2D eigenvalue weighted by Gasteiger charge is -2.38. The predicted octanol–water partition coefficient (Wildman–Crippen LogP) is 4.45. The van der Waals surface area contributed by atoms with Crippen molar-refractivity contribution in [3.8, 4) is 5.75 Å². The van der Waals surface area contributed by atoms with E-state index in [-0.39, 0.29) is 0 Å². The number of benzene rings is 1. The fraction of sp³-hybridized carbons (Fsp3) is 0.625. The number of hydrogen-bond donors (Lipinski definition) is 2. The summed E-state index contributed by atoms with van der Waals surface area (Å²) in [6.07, 6.45) is 1.02. The molecular weight excluding hydrogens is 368 g/mol. The lowest BCUT2D eigenvalue weighted by Crippen LogP contribution is -2.52. The molecule has 1 aromatic rings. The van der Waals surface area contributed by atoms with Gasteiger partial charge in [-0.3, -0.25) is 0 Å². The van der Waals surface area contributed by atoms with Crippen molar-refractivity contribution < 1.29 is 18.1 Å². The number of rotatable bonds is 11. The third-order valence-electron chi connectivity index (χ3n) is 3.18. The molecule has 0 radical (unpaired) electrons. The first kappa shape index (κ1) is 22.4. The predicted molar refractivity (Wildman–Crippen MR) is 111 cm³/mol. The molecule has 9 heteroatoms. The summed E-state index contributed by atoms with van der Waals surface area (Å²) in [5, 5.41) is 3.42. The third kappa shape index (κ3) is 10.1. The molecule has 1 aromatic carbocycles. The third-order valence-corrected chi connectivity index (χ3v) is 12.8. The normalized spacial score (nSPS) is 13.0. The molecule has 0 bridgehead atoms. The van der Waals surface area contributed by atoms with Crippen LogP contribution < -0.4 is 16.1 Å². The van der Waals surface area contributed by atoms with Gasteiger partial charge in [0, 0.05) is 12.2 Å². The Labute approximate surface area is 155 Å². The van der Waals surface area contributed by atoms with Crippen molar-refractivity contribution in [1.82, 2.24) is 0 Å². The minimum Gasteiger partial charge on any atom is -0.437 e. The van der Waals surface area contributed by atoms with Gasteiger partial charge in [0.2, 0.25) is 0 Å². The maximum atomic E-state index is 6.52. The first-order valence-corrected chi connectivity index (χ1v) is 18.0. The van der Waals surface area contributed by atoms with Gasteiger partial charge >= 0.3 is 8.56 Å². The number of nitrogens with two attached hydrogens (primary N) is 1. The van der Waals surface area contributed by atoms with Crippen LogP contribution in [-0.2, 0) is 13.2 Å². The van der Waals surface area contributed by atoms with E-state index in [1.54, 1.807) is 12.1 Å². The molecule has 25 heavy (non-hydrogen) atoms. The summed E-state index contributed by atoms with van der Waals surface area (Å²) in [5.41, 5.74) is 1.03. The summed E-state index contributed by atoms with van der Waals surface area (Å²) in [5.74, 6) is 5.44. The van der Waals surface area contributed by atoms with Gasteiger partial charge in [-0.2, -0.15) is 5.90 Å². The Balaban J connectivity index is 2.53. The van der Waals surface area contributed by atoms with E-state index in [1.807, 2.05) is 12.1 Å². The highest BCUT2D eigenvalue weighted by Crippen LogP contribution is 2.25. The van der Waals surface area contributed by atoms with Crippen molar-refractivity contribution >= 4 is 30.9 Å². The minimum atomic E-state index is -2.15. The highest BCUT2D eigenvalue weighted by Gasteiger charge is 2.39. The molecule has 0 atom stereocenters. The second kappa shape index (κ2) is 9.31. The van der Waals surface area contributed by atoms with Crippen LogP contribution in [0, 0.1) is 0 Å². The van der Waals surface area contributed by atoms with Crippen molar-refractivity contribution in [1.29, 1.82) is 0 Å². The van der Waals surface area contributed by atoms with Crippen LogP contribution in [-0.4, -0.2) is 31.7 Å². The maximum absolute atomic E-state index is 6.52. The Kier molecular flexibility index (Phi) is 8.32. The summed E-state index contributed by atoms with van der Waals surface area (Å²) in [6, 6.07) is 8.47. The number of nitrogens with one attached hydrogen (secondary N) is 1. The van der Waals surface area contributed by atoms with E-state index in [0.29, 0.717) is 5.75 Å². The molecule has 0 aliphatic heterocycles. The summed E-state index contributed by atoms with van der Waals surface area (Å²) in [7, 11) is -5.40. The fourth-order valence-electron chi connectivity index (χ4n) is 2.74. The van der Waals surface area contributed by atoms with Crippen LogP contribution in [0.1, 0.15) is 6.42 Å². The highest BCUT2D eigenvalue weighted by molar-refractivity contribution is 6.87. The van der Waals surface area contributed by atoms with Crippen molar-refractivity contribution in [2.45, 2.75) is 58.3 Å². The van der Waals surface area contributed by atoms with Crippen molar-refractivity contribution in [2.24, 2.45) is 5.90 Å². The zero-order valence-corrected chi connectivity index (χ0v) is 19.6. The van der Waals surface area contributed by atoms with Crippen molar-refractivity contribution in [3.05, 3.63) is 24.3 Å². The Hall–Kier alpha value is -0.689. The Bertz CT molecular complexity index is 500. The Morgan fingerprint density at radius 2 is 1.40 bits per heavy atom. The molecule has 0 aliphatic rings. The Morgan fingerprint density at radius 1 is 0.880 bits per heavy atom. The summed E-state index contributed by atoms with van der Waals surface area (Å²) in [6.45, 7) is 16.5.